The highest BCUT2D eigenvalue weighted by Gasteiger charge is 2.21. The number of likely N-dealkylation sites (tertiary alicyclic amines) is 1. The van der Waals surface area contributed by atoms with Crippen molar-refractivity contribution in [3.8, 4) is 11.5 Å². The standard InChI is InChI=1S/C20H27N3O3S/c1-14-21-11-19(27-14)13-23-6-4-5-15(12-23)10-22-20(24)16-7-17(25-2)9-18(8-16)26-3/h7-9,11,15H,4-6,10,12-13H2,1-3H3,(H,22,24)/t15-/m0/s1. The van der Waals surface area contributed by atoms with Crippen LogP contribution >= 0.6 is 11.3 Å². The summed E-state index contributed by atoms with van der Waals surface area (Å²) in [5, 5.41) is 4.18. The van der Waals surface area contributed by atoms with Crippen molar-refractivity contribution < 1.29 is 14.3 Å². The number of aromatic nitrogens is 1. The largest absolute Gasteiger partial charge is 0.497 e. The number of carbonyl (C=O) groups excluding carboxylic acids is 1. The minimum absolute atomic E-state index is 0.0950. The van der Waals surface area contributed by atoms with E-state index in [-0.39, 0.29) is 5.91 Å². The highest BCUT2D eigenvalue weighted by Crippen LogP contribution is 2.23. The van der Waals surface area contributed by atoms with Crippen molar-refractivity contribution in [3.05, 3.63) is 39.8 Å². The summed E-state index contributed by atoms with van der Waals surface area (Å²) in [7, 11) is 3.16. The molecule has 1 aliphatic rings. The molecule has 1 saturated heterocycles. The first-order chi connectivity index (χ1) is 13.1. The van der Waals surface area contributed by atoms with Crippen LogP contribution in [0.4, 0.5) is 0 Å². The Hall–Kier alpha value is -2.12. The summed E-state index contributed by atoms with van der Waals surface area (Å²) < 4.78 is 10.5. The normalized spacial score (nSPS) is 17.5. The Balaban J connectivity index is 1.53. The van der Waals surface area contributed by atoms with Gasteiger partial charge < -0.3 is 14.8 Å². The minimum atomic E-state index is -0.0950. The number of aryl methyl sites for hydroxylation is 1. The Morgan fingerprint density at radius 2 is 2.04 bits per heavy atom. The molecule has 1 fully saturated rings. The van der Waals surface area contributed by atoms with E-state index >= 15 is 0 Å². The molecule has 1 aromatic heterocycles. The number of methoxy groups -OCH3 is 2. The van der Waals surface area contributed by atoms with Gasteiger partial charge in [0, 0.05) is 42.3 Å². The van der Waals surface area contributed by atoms with E-state index in [0.29, 0.717) is 29.5 Å². The maximum Gasteiger partial charge on any atom is 0.251 e. The van der Waals surface area contributed by atoms with Crippen molar-refractivity contribution in [2.45, 2.75) is 26.3 Å². The third-order valence-corrected chi connectivity index (χ3v) is 5.71. The molecule has 0 radical (unpaired) electrons. The summed E-state index contributed by atoms with van der Waals surface area (Å²) in [4.78, 5) is 20.7. The summed E-state index contributed by atoms with van der Waals surface area (Å²) in [5.74, 6) is 1.60. The summed E-state index contributed by atoms with van der Waals surface area (Å²) >= 11 is 1.76. The average molecular weight is 390 g/mol. The molecule has 2 heterocycles. The quantitative estimate of drug-likeness (QED) is 0.788. The molecule has 0 spiro atoms. The fraction of sp³-hybridized carbons (Fsp3) is 0.500. The zero-order chi connectivity index (χ0) is 19.2. The number of ether oxygens (including phenoxy) is 2. The van der Waals surface area contributed by atoms with E-state index in [2.05, 4.69) is 15.2 Å². The molecule has 1 atom stereocenters. The van der Waals surface area contributed by atoms with Crippen molar-refractivity contribution in [1.29, 1.82) is 0 Å². The molecule has 0 bridgehead atoms. The highest BCUT2D eigenvalue weighted by molar-refractivity contribution is 7.11. The van der Waals surface area contributed by atoms with Gasteiger partial charge in [-0.3, -0.25) is 9.69 Å². The number of hydrogen-bond donors (Lipinski definition) is 1. The number of benzene rings is 1. The Kier molecular flexibility index (Phi) is 6.68. The van der Waals surface area contributed by atoms with Crippen molar-refractivity contribution in [2.24, 2.45) is 5.92 Å². The van der Waals surface area contributed by atoms with Gasteiger partial charge in [-0.05, 0) is 44.4 Å². The molecule has 1 N–H and O–H groups in total. The summed E-state index contributed by atoms with van der Waals surface area (Å²) in [5.41, 5.74) is 0.555. The molecule has 27 heavy (non-hydrogen) atoms. The summed E-state index contributed by atoms with van der Waals surface area (Å²) in [6.45, 7) is 5.77. The zero-order valence-corrected chi connectivity index (χ0v) is 17.0. The predicted octanol–water partition coefficient (Wildman–Crippen LogP) is 3.11. The lowest BCUT2D eigenvalue weighted by Crippen LogP contribution is -2.40. The molecule has 0 unspecified atom stereocenters. The monoisotopic (exact) mass is 389 g/mol. The Bertz CT molecular complexity index is 755. The second-order valence-corrected chi connectivity index (χ2v) is 8.22. The van der Waals surface area contributed by atoms with Crippen LogP contribution in [0.5, 0.6) is 11.5 Å². The number of thiazole rings is 1. The number of piperidine rings is 1. The molecule has 1 amide bonds. The number of rotatable bonds is 7. The van der Waals surface area contributed by atoms with Gasteiger partial charge in [-0.2, -0.15) is 0 Å². The van der Waals surface area contributed by atoms with Crippen LogP contribution in [0.1, 0.15) is 33.1 Å². The molecule has 1 aliphatic heterocycles. The Morgan fingerprint density at radius 1 is 1.30 bits per heavy atom. The van der Waals surface area contributed by atoms with Gasteiger partial charge in [-0.25, -0.2) is 4.98 Å². The lowest BCUT2D eigenvalue weighted by molar-refractivity contribution is 0.0930. The van der Waals surface area contributed by atoms with E-state index in [1.165, 1.54) is 4.88 Å². The van der Waals surface area contributed by atoms with Crippen LogP contribution in [0.3, 0.4) is 0 Å². The van der Waals surface area contributed by atoms with E-state index in [4.69, 9.17) is 9.47 Å². The van der Waals surface area contributed by atoms with E-state index in [0.717, 1.165) is 37.5 Å². The lowest BCUT2D eigenvalue weighted by atomic mass is 9.98. The number of carbonyl (C=O) groups is 1. The first-order valence-corrected chi connectivity index (χ1v) is 10.0. The fourth-order valence-corrected chi connectivity index (χ4v) is 4.28. The molecular formula is C20H27N3O3S. The SMILES string of the molecule is COc1cc(OC)cc(C(=O)NC[C@@H]2CCCN(Cc3cnc(C)s3)C2)c1. The zero-order valence-electron chi connectivity index (χ0n) is 16.2. The van der Waals surface area contributed by atoms with E-state index in [9.17, 15) is 4.79 Å². The van der Waals surface area contributed by atoms with Gasteiger partial charge in [0.2, 0.25) is 0 Å². The van der Waals surface area contributed by atoms with Crippen molar-refractivity contribution in [3.63, 3.8) is 0 Å². The van der Waals surface area contributed by atoms with E-state index in [1.807, 2.05) is 13.1 Å². The fourth-order valence-electron chi connectivity index (χ4n) is 3.44. The third kappa shape index (κ3) is 5.43. The number of amides is 1. The lowest BCUT2D eigenvalue weighted by Gasteiger charge is -2.32. The van der Waals surface area contributed by atoms with E-state index in [1.54, 1.807) is 43.8 Å². The highest BCUT2D eigenvalue weighted by atomic mass is 32.1. The van der Waals surface area contributed by atoms with Crippen molar-refractivity contribution in [2.75, 3.05) is 33.9 Å². The summed E-state index contributed by atoms with van der Waals surface area (Å²) in [6, 6.07) is 5.23. The second kappa shape index (κ2) is 9.19. The summed E-state index contributed by atoms with van der Waals surface area (Å²) in [6.07, 6.45) is 4.27. The van der Waals surface area contributed by atoms with Crippen LogP contribution in [0.2, 0.25) is 0 Å². The van der Waals surface area contributed by atoms with Gasteiger partial charge in [0.1, 0.15) is 11.5 Å². The van der Waals surface area contributed by atoms with Gasteiger partial charge in [0.05, 0.1) is 19.2 Å². The minimum Gasteiger partial charge on any atom is -0.497 e. The van der Waals surface area contributed by atoms with Gasteiger partial charge in [-0.15, -0.1) is 11.3 Å². The molecule has 0 saturated carbocycles. The van der Waals surface area contributed by atoms with Crippen LogP contribution < -0.4 is 14.8 Å². The molecule has 3 rings (SSSR count). The van der Waals surface area contributed by atoms with E-state index < -0.39 is 0 Å². The molecule has 2 aromatic rings. The first kappa shape index (κ1) is 19.6. The van der Waals surface area contributed by atoms with Gasteiger partial charge in [0.15, 0.2) is 0 Å². The van der Waals surface area contributed by atoms with Crippen molar-refractivity contribution in [1.82, 2.24) is 15.2 Å². The van der Waals surface area contributed by atoms with Gasteiger partial charge in [0.25, 0.3) is 5.91 Å². The second-order valence-electron chi connectivity index (χ2n) is 6.90. The molecule has 6 nitrogen and oxygen atoms in total. The molecule has 7 heteroatoms. The van der Waals surface area contributed by atoms with Crippen LogP contribution in [-0.4, -0.2) is 49.6 Å². The van der Waals surface area contributed by atoms with Crippen LogP contribution in [0.25, 0.3) is 0 Å². The topological polar surface area (TPSA) is 63.7 Å². The third-order valence-electron chi connectivity index (χ3n) is 4.82. The molecule has 0 aliphatic carbocycles. The molecule has 146 valence electrons. The van der Waals surface area contributed by atoms with Crippen molar-refractivity contribution >= 4 is 17.2 Å². The maximum absolute atomic E-state index is 12.6. The first-order valence-electron chi connectivity index (χ1n) is 9.22. The number of nitrogens with zero attached hydrogens (tertiary/aromatic N) is 2. The Morgan fingerprint density at radius 3 is 2.67 bits per heavy atom. The molecular weight excluding hydrogens is 362 g/mol. The van der Waals surface area contributed by atoms with Crippen LogP contribution in [-0.2, 0) is 6.54 Å². The number of nitrogens with one attached hydrogen (secondary N) is 1. The average Bonchev–Trinajstić information content (AvgIpc) is 3.10. The van der Waals surface area contributed by atoms with Crippen LogP contribution in [0, 0.1) is 12.8 Å². The molecule has 1 aromatic carbocycles. The smallest absolute Gasteiger partial charge is 0.251 e. The number of hydrogen-bond acceptors (Lipinski definition) is 6. The van der Waals surface area contributed by atoms with Gasteiger partial charge in [-0.1, -0.05) is 0 Å². The van der Waals surface area contributed by atoms with Crippen LogP contribution in [0.15, 0.2) is 24.4 Å². The Labute approximate surface area is 164 Å². The predicted molar refractivity (Wildman–Crippen MR) is 107 cm³/mol. The maximum atomic E-state index is 12.6. The van der Waals surface area contributed by atoms with Gasteiger partial charge >= 0.3 is 0 Å².